The molecular formula is C27H33N5O2. The molecule has 7 nitrogen and oxygen atoms in total. The van der Waals surface area contributed by atoms with Gasteiger partial charge in [-0.2, -0.15) is 0 Å². The third-order valence-corrected chi connectivity index (χ3v) is 6.95. The zero-order valence-corrected chi connectivity index (χ0v) is 19.8. The first kappa shape index (κ1) is 22.7. The first-order valence-electron chi connectivity index (χ1n) is 12.3. The van der Waals surface area contributed by atoms with E-state index in [1.807, 2.05) is 13.0 Å². The SMILES string of the molecule is C[C@H](NC(=O)C1CCOCC1)c1nnc2n1CCN(Cc1ccc(-c3ccccc3)cc1)CC2. The van der Waals surface area contributed by atoms with Crippen LogP contribution in [0.4, 0.5) is 0 Å². The highest BCUT2D eigenvalue weighted by Gasteiger charge is 2.26. The Morgan fingerprint density at radius 1 is 1.00 bits per heavy atom. The van der Waals surface area contributed by atoms with E-state index in [1.54, 1.807) is 0 Å². The summed E-state index contributed by atoms with van der Waals surface area (Å²) < 4.78 is 7.58. The minimum Gasteiger partial charge on any atom is -0.381 e. The maximum Gasteiger partial charge on any atom is 0.223 e. The lowest BCUT2D eigenvalue weighted by Gasteiger charge is -2.23. The molecule has 5 rings (SSSR count). The summed E-state index contributed by atoms with van der Waals surface area (Å²) in [5.41, 5.74) is 3.80. The number of aromatic nitrogens is 3. The molecule has 34 heavy (non-hydrogen) atoms. The van der Waals surface area contributed by atoms with Crippen molar-refractivity contribution in [2.45, 2.75) is 45.3 Å². The van der Waals surface area contributed by atoms with Crippen LogP contribution in [0.5, 0.6) is 0 Å². The predicted octanol–water partition coefficient (Wildman–Crippen LogP) is 3.61. The van der Waals surface area contributed by atoms with Gasteiger partial charge < -0.3 is 14.6 Å². The molecule has 0 aliphatic carbocycles. The summed E-state index contributed by atoms with van der Waals surface area (Å²) in [4.78, 5) is 15.2. The number of hydrogen-bond donors (Lipinski definition) is 1. The fourth-order valence-electron chi connectivity index (χ4n) is 4.91. The van der Waals surface area contributed by atoms with Crippen molar-refractivity contribution in [2.24, 2.45) is 5.92 Å². The second-order valence-corrected chi connectivity index (χ2v) is 9.33. The van der Waals surface area contributed by atoms with Gasteiger partial charge in [0.2, 0.25) is 5.91 Å². The summed E-state index contributed by atoms with van der Waals surface area (Å²) in [7, 11) is 0. The van der Waals surface area contributed by atoms with Crippen molar-refractivity contribution in [1.82, 2.24) is 25.0 Å². The van der Waals surface area contributed by atoms with E-state index < -0.39 is 0 Å². The van der Waals surface area contributed by atoms with E-state index in [1.165, 1.54) is 16.7 Å². The molecule has 2 aromatic carbocycles. The number of rotatable bonds is 6. The van der Waals surface area contributed by atoms with Gasteiger partial charge in [0.1, 0.15) is 5.82 Å². The Labute approximate surface area is 201 Å². The van der Waals surface area contributed by atoms with Gasteiger partial charge in [0.15, 0.2) is 5.82 Å². The van der Waals surface area contributed by atoms with Crippen molar-refractivity contribution in [3.05, 3.63) is 71.8 Å². The number of ether oxygens (including phenoxy) is 1. The molecule has 2 aliphatic rings. The maximum atomic E-state index is 12.7. The molecule has 1 fully saturated rings. The lowest BCUT2D eigenvalue weighted by atomic mass is 9.99. The normalized spacial score (nSPS) is 18.1. The number of nitrogens with zero attached hydrogens (tertiary/aromatic N) is 4. The number of carbonyl (C=O) groups is 1. The van der Waals surface area contributed by atoms with Crippen LogP contribution in [-0.2, 0) is 29.0 Å². The predicted molar refractivity (Wildman–Crippen MR) is 131 cm³/mol. The number of benzene rings is 2. The summed E-state index contributed by atoms with van der Waals surface area (Å²) in [5, 5.41) is 12.1. The van der Waals surface area contributed by atoms with Gasteiger partial charge in [-0.05, 0) is 36.5 Å². The van der Waals surface area contributed by atoms with Gasteiger partial charge in [-0.25, -0.2) is 0 Å². The van der Waals surface area contributed by atoms with Crippen LogP contribution in [0.3, 0.4) is 0 Å². The maximum absolute atomic E-state index is 12.7. The van der Waals surface area contributed by atoms with Crippen LogP contribution in [0.2, 0.25) is 0 Å². The number of fused-ring (bicyclic) bond motifs is 1. The molecule has 1 N–H and O–H groups in total. The third kappa shape index (κ3) is 5.21. The van der Waals surface area contributed by atoms with E-state index in [2.05, 4.69) is 73.5 Å². The molecule has 178 valence electrons. The largest absolute Gasteiger partial charge is 0.381 e. The highest BCUT2D eigenvalue weighted by Crippen LogP contribution is 2.22. The van der Waals surface area contributed by atoms with E-state index in [-0.39, 0.29) is 17.9 Å². The van der Waals surface area contributed by atoms with Crippen LogP contribution in [0, 0.1) is 5.92 Å². The molecule has 0 bridgehead atoms. The van der Waals surface area contributed by atoms with Crippen LogP contribution < -0.4 is 5.32 Å². The van der Waals surface area contributed by atoms with Crippen LogP contribution >= 0.6 is 0 Å². The van der Waals surface area contributed by atoms with E-state index >= 15 is 0 Å². The molecule has 1 saturated heterocycles. The van der Waals surface area contributed by atoms with Crippen molar-refractivity contribution in [3.8, 4) is 11.1 Å². The number of amides is 1. The number of carbonyl (C=O) groups excluding carboxylic acids is 1. The molecule has 3 aromatic rings. The summed E-state index contributed by atoms with van der Waals surface area (Å²) in [6, 6.07) is 19.2. The lowest BCUT2D eigenvalue weighted by Crippen LogP contribution is -2.36. The Morgan fingerprint density at radius 3 is 2.50 bits per heavy atom. The minimum absolute atomic E-state index is 0.0338. The van der Waals surface area contributed by atoms with Gasteiger partial charge in [0.05, 0.1) is 6.04 Å². The molecular weight excluding hydrogens is 426 g/mol. The van der Waals surface area contributed by atoms with Crippen LogP contribution in [-0.4, -0.2) is 51.9 Å². The molecule has 0 spiro atoms. The van der Waals surface area contributed by atoms with Crippen LogP contribution in [0.1, 0.15) is 43.0 Å². The van der Waals surface area contributed by atoms with Crippen molar-refractivity contribution in [3.63, 3.8) is 0 Å². The second kappa shape index (κ2) is 10.5. The van der Waals surface area contributed by atoms with Crippen molar-refractivity contribution in [1.29, 1.82) is 0 Å². The fourth-order valence-corrected chi connectivity index (χ4v) is 4.91. The summed E-state index contributed by atoms with van der Waals surface area (Å²) in [6.45, 7) is 6.96. The topological polar surface area (TPSA) is 72.3 Å². The molecule has 7 heteroatoms. The molecule has 0 unspecified atom stereocenters. The highest BCUT2D eigenvalue weighted by atomic mass is 16.5. The molecule has 2 aliphatic heterocycles. The zero-order valence-electron chi connectivity index (χ0n) is 19.8. The molecule has 0 saturated carbocycles. The Kier molecular flexibility index (Phi) is 7.02. The third-order valence-electron chi connectivity index (χ3n) is 6.95. The van der Waals surface area contributed by atoms with E-state index in [9.17, 15) is 4.79 Å². The van der Waals surface area contributed by atoms with Crippen molar-refractivity contribution in [2.75, 3.05) is 26.3 Å². The summed E-state index contributed by atoms with van der Waals surface area (Å²) in [5.74, 6) is 1.99. The Bertz CT molecular complexity index is 1090. The zero-order chi connectivity index (χ0) is 23.3. The summed E-state index contributed by atoms with van der Waals surface area (Å²) in [6.07, 6.45) is 2.44. The van der Waals surface area contributed by atoms with Crippen molar-refractivity contribution < 1.29 is 9.53 Å². The quantitative estimate of drug-likeness (QED) is 0.610. The number of nitrogens with one attached hydrogen (secondary N) is 1. The first-order valence-corrected chi connectivity index (χ1v) is 12.3. The summed E-state index contributed by atoms with van der Waals surface area (Å²) >= 11 is 0. The van der Waals surface area contributed by atoms with Crippen molar-refractivity contribution >= 4 is 5.91 Å². The molecule has 1 atom stereocenters. The standard InChI is InChI=1S/C27H33N5O2/c1-20(28-27(33)24-12-17-34-18-13-24)26-30-29-25-11-14-31(15-16-32(25)26)19-21-7-9-23(10-8-21)22-5-3-2-4-6-22/h2-10,20,24H,11-19H2,1H3,(H,28,33)/t20-/m0/s1. The fraction of sp³-hybridized carbons (Fsp3) is 0.444. The Hall–Kier alpha value is -3.03. The smallest absolute Gasteiger partial charge is 0.223 e. The number of hydrogen-bond acceptors (Lipinski definition) is 5. The van der Waals surface area contributed by atoms with Gasteiger partial charge in [0.25, 0.3) is 0 Å². The second-order valence-electron chi connectivity index (χ2n) is 9.33. The molecule has 3 heterocycles. The van der Waals surface area contributed by atoms with Gasteiger partial charge >= 0.3 is 0 Å². The average molecular weight is 460 g/mol. The first-order chi connectivity index (χ1) is 16.7. The van der Waals surface area contributed by atoms with Gasteiger partial charge in [-0.15, -0.1) is 10.2 Å². The van der Waals surface area contributed by atoms with Gasteiger partial charge in [-0.1, -0.05) is 54.6 Å². The molecule has 1 amide bonds. The van der Waals surface area contributed by atoms with E-state index in [4.69, 9.17) is 4.74 Å². The van der Waals surface area contributed by atoms with E-state index in [0.717, 1.165) is 57.1 Å². The van der Waals surface area contributed by atoms with Crippen LogP contribution in [0.15, 0.2) is 54.6 Å². The van der Waals surface area contributed by atoms with E-state index in [0.29, 0.717) is 13.2 Å². The minimum atomic E-state index is -0.159. The Morgan fingerprint density at radius 2 is 1.74 bits per heavy atom. The monoisotopic (exact) mass is 459 g/mol. The highest BCUT2D eigenvalue weighted by molar-refractivity contribution is 5.79. The Balaban J connectivity index is 1.19. The average Bonchev–Trinajstić information content (AvgIpc) is 3.20. The molecule has 0 radical (unpaired) electrons. The lowest BCUT2D eigenvalue weighted by molar-refractivity contribution is -0.128. The molecule has 1 aromatic heterocycles. The van der Waals surface area contributed by atoms with Crippen LogP contribution in [0.25, 0.3) is 11.1 Å². The van der Waals surface area contributed by atoms with Gasteiger partial charge in [0, 0.05) is 51.7 Å². The van der Waals surface area contributed by atoms with Gasteiger partial charge in [-0.3, -0.25) is 9.69 Å².